The summed E-state index contributed by atoms with van der Waals surface area (Å²) >= 11 is 0. The van der Waals surface area contributed by atoms with Gasteiger partial charge in [0.25, 0.3) is 15.7 Å². The third-order valence-corrected chi connectivity index (χ3v) is 5.38. The molecule has 2 aromatic carbocycles. The third kappa shape index (κ3) is 3.36. The highest BCUT2D eigenvalue weighted by atomic mass is 32.2. The van der Waals surface area contributed by atoms with Crippen LogP contribution in [0.1, 0.15) is 5.56 Å². The average Bonchev–Trinajstić information content (AvgIpc) is 2.56. The first-order valence-electron chi connectivity index (χ1n) is 7.54. The second kappa shape index (κ2) is 6.25. The molecule has 2 aromatic rings. The van der Waals surface area contributed by atoms with Crippen molar-refractivity contribution in [2.75, 3.05) is 29.8 Å². The molecule has 1 aliphatic rings. The molecule has 0 saturated heterocycles. The summed E-state index contributed by atoms with van der Waals surface area (Å²) in [5.74, 6) is 0.624. The van der Waals surface area contributed by atoms with E-state index in [0.29, 0.717) is 30.2 Å². The normalized spacial score (nSPS) is 13.8. The molecule has 0 aliphatic carbocycles. The highest BCUT2D eigenvalue weighted by Gasteiger charge is 2.22. The first-order chi connectivity index (χ1) is 11.8. The van der Waals surface area contributed by atoms with E-state index in [4.69, 9.17) is 4.74 Å². The minimum absolute atomic E-state index is 0.0644. The van der Waals surface area contributed by atoms with Crippen LogP contribution in [0, 0.1) is 17.0 Å². The number of nitro benzene ring substituents is 1. The van der Waals surface area contributed by atoms with Crippen molar-refractivity contribution in [1.29, 1.82) is 0 Å². The zero-order chi connectivity index (χ0) is 18.2. The number of likely N-dealkylation sites (N-methyl/N-ethyl adjacent to an activating group) is 1. The highest BCUT2D eigenvalue weighted by molar-refractivity contribution is 7.92. The lowest BCUT2D eigenvalue weighted by molar-refractivity contribution is -0.384. The number of non-ortho nitro benzene ring substituents is 1. The van der Waals surface area contributed by atoms with E-state index < -0.39 is 14.9 Å². The van der Waals surface area contributed by atoms with Crippen LogP contribution in [0.5, 0.6) is 5.75 Å². The van der Waals surface area contributed by atoms with E-state index in [-0.39, 0.29) is 16.3 Å². The molecule has 9 heteroatoms. The average molecular weight is 363 g/mol. The van der Waals surface area contributed by atoms with Gasteiger partial charge in [0.05, 0.1) is 27.7 Å². The molecule has 0 fully saturated rings. The molecule has 3 rings (SSSR count). The Morgan fingerprint density at radius 3 is 2.72 bits per heavy atom. The molecule has 0 spiro atoms. The maximum absolute atomic E-state index is 12.7. The number of sulfonamides is 1. The summed E-state index contributed by atoms with van der Waals surface area (Å²) in [4.78, 5) is 12.3. The van der Waals surface area contributed by atoms with Crippen LogP contribution in [0.4, 0.5) is 17.1 Å². The Kier molecular flexibility index (Phi) is 4.25. The Hall–Kier alpha value is -2.81. The number of aryl methyl sites for hydroxylation is 1. The zero-order valence-corrected chi connectivity index (χ0v) is 14.5. The number of rotatable bonds is 4. The van der Waals surface area contributed by atoms with Crippen LogP contribution in [0.2, 0.25) is 0 Å². The van der Waals surface area contributed by atoms with Gasteiger partial charge < -0.3 is 9.64 Å². The maximum Gasteiger partial charge on any atom is 0.271 e. The second-order valence-electron chi connectivity index (χ2n) is 5.76. The van der Waals surface area contributed by atoms with Crippen LogP contribution in [0.15, 0.2) is 41.3 Å². The van der Waals surface area contributed by atoms with Crippen LogP contribution < -0.4 is 14.4 Å². The van der Waals surface area contributed by atoms with E-state index in [1.54, 1.807) is 13.0 Å². The summed E-state index contributed by atoms with van der Waals surface area (Å²) in [6.45, 7) is 2.88. The quantitative estimate of drug-likeness (QED) is 0.661. The van der Waals surface area contributed by atoms with Crippen molar-refractivity contribution in [2.45, 2.75) is 11.8 Å². The molecule has 1 aliphatic heterocycles. The Morgan fingerprint density at radius 1 is 1.24 bits per heavy atom. The number of ether oxygens (including phenoxy) is 1. The number of anilines is 2. The predicted octanol–water partition coefficient (Wildman–Crippen LogP) is 2.53. The Morgan fingerprint density at radius 2 is 2.00 bits per heavy atom. The molecule has 0 saturated carbocycles. The number of nitrogens with one attached hydrogen (secondary N) is 1. The number of nitrogens with zero attached hydrogens (tertiary/aromatic N) is 2. The maximum atomic E-state index is 12.7. The lowest BCUT2D eigenvalue weighted by Crippen LogP contribution is -2.29. The van der Waals surface area contributed by atoms with Crippen molar-refractivity contribution in [1.82, 2.24) is 0 Å². The van der Waals surface area contributed by atoms with Crippen LogP contribution >= 0.6 is 0 Å². The smallest absolute Gasteiger partial charge is 0.271 e. The molecule has 25 heavy (non-hydrogen) atoms. The molecule has 0 aromatic heterocycles. The minimum Gasteiger partial charge on any atom is -0.490 e. The monoisotopic (exact) mass is 363 g/mol. The second-order valence-corrected chi connectivity index (χ2v) is 7.44. The van der Waals surface area contributed by atoms with Crippen LogP contribution in [-0.4, -0.2) is 33.5 Å². The third-order valence-electron chi connectivity index (χ3n) is 4.01. The van der Waals surface area contributed by atoms with Crippen molar-refractivity contribution < 1.29 is 18.1 Å². The minimum atomic E-state index is -3.89. The van der Waals surface area contributed by atoms with Gasteiger partial charge in [-0.2, -0.15) is 0 Å². The summed E-state index contributed by atoms with van der Waals surface area (Å²) in [7, 11) is -2.03. The van der Waals surface area contributed by atoms with E-state index >= 15 is 0 Å². The van der Waals surface area contributed by atoms with E-state index in [1.165, 1.54) is 30.3 Å². The summed E-state index contributed by atoms with van der Waals surface area (Å²) in [6, 6.07) is 8.64. The summed E-state index contributed by atoms with van der Waals surface area (Å²) < 4.78 is 33.3. The lowest BCUT2D eigenvalue weighted by Gasteiger charge is -2.28. The van der Waals surface area contributed by atoms with Gasteiger partial charge in [-0.3, -0.25) is 14.8 Å². The van der Waals surface area contributed by atoms with Crippen LogP contribution in [0.25, 0.3) is 0 Å². The number of fused-ring (bicyclic) bond motifs is 1. The highest BCUT2D eigenvalue weighted by Crippen LogP contribution is 2.33. The number of hydrogen-bond acceptors (Lipinski definition) is 6. The Bertz CT molecular complexity index is 943. The van der Waals surface area contributed by atoms with Gasteiger partial charge in [0.2, 0.25) is 0 Å². The van der Waals surface area contributed by atoms with Gasteiger partial charge in [-0.1, -0.05) is 6.07 Å². The van der Waals surface area contributed by atoms with Crippen LogP contribution in [0.3, 0.4) is 0 Å². The number of hydrogen-bond donors (Lipinski definition) is 1. The van der Waals surface area contributed by atoms with Crippen molar-refractivity contribution >= 4 is 27.1 Å². The van der Waals surface area contributed by atoms with E-state index in [0.717, 1.165) is 0 Å². The van der Waals surface area contributed by atoms with E-state index in [2.05, 4.69) is 4.72 Å². The van der Waals surface area contributed by atoms with Gasteiger partial charge in [-0.15, -0.1) is 0 Å². The topological polar surface area (TPSA) is 102 Å². The van der Waals surface area contributed by atoms with Crippen molar-refractivity contribution in [3.05, 3.63) is 52.1 Å². The van der Waals surface area contributed by atoms with E-state index in [1.807, 2.05) is 11.9 Å². The molecule has 1 N–H and O–H groups in total. The molecule has 8 nitrogen and oxygen atoms in total. The SMILES string of the molecule is Cc1ccc([N+](=O)[O-])cc1NS(=O)(=O)c1ccc2c(c1)N(C)CCO2. The molecule has 132 valence electrons. The van der Waals surface area contributed by atoms with Crippen molar-refractivity contribution in [3.63, 3.8) is 0 Å². The summed E-state index contributed by atoms with van der Waals surface area (Å²) in [5.41, 5.74) is 1.27. The Labute approximate surface area is 145 Å². The van der Waals surface area contributed by atoms with Gasteiger partial charge in [-0.25, -0.2) is 8.42 Å². The lowest BCUT2D eigenvalue weighted by atomic mass is 10.2. The molecule has 0 bridgehead atoms. The fourth-order valence-electron chi connectivity index (χ4n) is 2.53. The van der Waals surface area contributed by atoms with Gasteiger partial charge in [0.15, 0.2) is 0 Å². The molecular formula is C16H17N3O5S. The zero-order valence-electron chi connectivity index (χ0n) is 13.7. The number of nitro groups is 1. The molecule has 0 atom stereocenters. The van der Waals surface area contributed by atoms with Gasteiger partial charge >= 0.3 is 0 Å². The number of benzene rings is 2. The molecule has 0 amide bonds. The first-order valence-corrected chi connectivity index (χ1v) is 9.02. The first kappa shape index (κ1) is 17.0. The van der Waals surface area contributed by atoms with E-state index in [9.17, 15) is 18.5 Å². The fraction of sp³-hybridized carbons (Fsp3) is 0.250. The predicted molar refractivity (Wildman–Crippen MR) is 93.8 cm³/mol. The molecule has 0 unspecified atom stereocenters. The standard InChI is InChI=1S/C16H17N3O5S/c1-11-3-4-12(19(20)21)9-14(11)17-25(22,23)13-5-6-16-15(10-13)18(2)7-8-24-16/h3-6,9-10,17H,7-8H2,1-2H3. The Balaban J connectivity index is 1.97. The van der Waals surface area contributed by atoms with Crippen molar-refractivity contribution in [3.8, 4) is 5.75 Å². The van der Waals surface area contributed by atoms with Gasteiger partial charge in [0.1, 0.15) is 12.4 Å². The van der Waals surface area contributed by atoms with Gasteiger partial charge in [-0.05, 0) is 30.7 Å². The summed E-state index contributed by atoms with van der Waals surface area (Å²) in [5, 5.41) is 10.9. The van der Waals surface area contributed by atoms with Crippen molar-refractivity contribution in [2.24, 2.45) is 0 Å². The van der Waals surface area contributed by atoms with Gasteiger partial charge in [0, 0.05) is 19.2 Å². The fourth-order valence-corrected chi connectivity index (χ4v) is 3.68. The largest absolute Gasteiger partial charge is 0.490 e. The molecule has 0 radical (unpaired) electrons. The molecule has 1 heterocycles. The molecular weight excluding hydrogens is 346 g/mol. The summed E-state index contributed by atoms with van der Waals surface area (Å²) in [6.07, 6.45) is 0. The van der Waals surface area contributed by atoms with Crippen LogP contribution in [-0.2, 0) is 10.0 Å².